The van der Waals surface area contributed by atoms with Crippen molar-refractivity contribution < 1.29 is 14.3 Å². The highest BCUT2D eigenvalue weighted by Crippen LogP contribution is 2.18. The first kappa shape index (κ1) is 22.6. The van der Waals surface area contributed by atoms with Crippen LogP contribution in [0.1, 0.15) is 11.1 Å². The van der Waals surface area contributed by atoms with Crippen LogP contribution in [0.2, 0.25) is 0 Å². The van der Waals surface area contributed by atoms with Crippen molar-refractivity contribution in [1.29, 1.82) is 0 Å². The molecule has 31 heavy (non-hydrogen) atoms. The number of piperazine rings is 1. The molecule has 0 N–H and O–H groups in total. The Kier molecular flexibility index (Phi) is 7.52. The molecule has 2 aromatic rings. The molecule has 7 nitrogen and oxygen atoms in total. The minimum absolute atomic E-state index is 0.00170. The molecular weight excluding hydrogens is 392 g/mol. The highest BCUT2D eigenvalue weighted by Gasteiger charge is 2.25. The Morgan fingerprint density at radius 3 is 2.06 bits per heavy atom. The normalized spacial score (nSPS) is 14.5. The van der Waals surface area contributed by atoms with E-state index < -0.39 is 0 Å². The molecule has 1 heterocycles. The van der Waals surface area contributed by atoms with Crippen molar-refractivity contribution in [2.75, 3.05) is 59.3 Å². The Bertz CT molecular complexity index is 881. The summed E-state index contributed by atoms with van der Waals surface area (Å²) in [6.07, 6.45) is 0. The molecule has 0 aliphatic carbocycles. The van der Waals surface area contributed by atoms with Gasteiger partial charge in [-0.1, -0.05) is 24.3 Å². The number of anilines is 1. The van der Waals surface area contributed by atoms with Gasteiger partial charge in [-0.25, -0.2) is 0 Å². The van der Waals surface area contributed by atoms with E-state index in [-0.39, 0.29) is 18.4 Å². The zero-order chi connectivity index (χ0) is 22.4. The second kappa shape index (κ2) is 10.3. The van der Waals surface area contributed by atoms with Crippen LogP contribution in [-0.2, 0) is 22.7 Å². The number of hydrogen-bond donors (Lipinski definition) is 0. The lowest BCUT2D eigenvalue weighted by Gasteiger charge is -2.33. The van der Waals surface area contributed by atoms with Crippen molar-refractivity contribution in [1.82, 2.24) is 14.7 Å². The van der Waals surface area contributed by atoms with Crippen LogP contribution in [0.25, 0.3) is 0 Å². The summed E-state index contributed by atoms with van der Waals surface area (Å²) in [5, 5.41) is 0. The fourth-order valence-corrected chi connectivity index (χ4v) is 3.56. The Morgan fingerprint density at radius 1 is 0.968 bits per heavy atom. The maximum atomic E-state index is 13.2. The van der Waals surface area contributed by atoms with Crippen molar-refractivity contribution in [2.45, 2.75) is 13.1 Å². The number of carbonyl (C=O) groups excluding carboxylic acids is 2. The van der Waals surface area contributed by atoms with E-state index in [1.165, 1.54) is 0 Å². The van der Waals surface area contributed by atoms with Crippen molar-refractivity contribution >= 4 is 17.5 Å². The standard InChI is InChI=1S/C24H32N4O3/c1-25(2)21-9-5-19(6-10-21)15-28(16-20-7-11-22(31-4)12-8-20)24(30)18-27-14-13-26(3)17-23(27)29/h5-12H,13-18H2,1-4H3. The molecule has 7 heteroatoms. The van der Waals surface area contributed by atoms with Crippen molar-refractivity contribution in [3.8, 4) is 5.75 Å². The fraction of sp³-hybridized carbons (Fsp3) is 0.417. The molecule has 1 saturated heterocycles. The van der Waals surface area contributed by atoms with E-state index in [1.807, 2.05) is 72.2 Å². The summed E-state index contributed by atoms with van der Waals surface area (Å²) in [5.41, 5.74) is 3.18. The van der Waals surface area contributed by atoms with Crippen molar-refractivity contribution in [2.24, 2.45) is 0 Å². The van der Waals surface area contributed by atoms with E-state index in [0.717, 1.165) is 29.1 Å². The average molecular weight is 425 g/mol. The third-order valence-electron chi connectivity index (χ3n) is 5.55. The second-order valence-corrected chi connectivity index (χ2v) is 8.21. The topological polar surface area (TPSA) is 56.3 Å². The number of likely N-dealkylation sites (N-methyl/N-ethyl adjacent to an activating group) is 1. The smallest absolute Gasteiger partial charge is 0.242 e. The van der Waals surface area contributed by atoms with Crippen LogP contribution < -0.4 is 9.64 Å². The van der Waals surface area contributed by atoms with Crippen molar-refractivity contribution in [3.63, 3.8) is 0 Å². The number of amides is 2. The van der Waals surface area contributed by atoms with Crippen LogP contribution in [0, 0.1) is 0 Å². The van der Waals surface area contributed by atoms with E-state index in [1.54, 1.807) is 12.0 Å². The summed E-state index contributed by atoms with van der Waals surface area (Å²) in [4.78, 5) is 33.1. The predicted octanol–water partition coefficient (Wildman–Crippen LogP) is 2.06. The minimum Gasteiger partial charge on any atom is -0.497 e. The first-order chi connectivity index (χ1) is 14.9. The zero-order valence-electron chi connectivity index (χ0n) is 18.9. The number of methoxy groups -OCH3 is 1. The number of rotatable bonds is 8. The molecule has 0 atom stereocenters. The van der Waals surface area contributed by atoms with E-state index in [4.69, 9.17) is 4.74 Å². The molecule has 0 unspecified atom stereocenters. The Morgan fingerprint density at radius 2 is 1.55 bits per heavy atom. The Balaban J connectivity index is 1.75. The lowest BCUT2D eigenvalue weighted by molar-refractivity contribution is -0.143. The van der Waals surface area contributed by atoms with E-state index in [0.29, 0.717) is 26.2 Å². The van der Waals surface area contributed by atoms with Gasteiger partial charge in [-0.05, 0) is 42.4 Å². The van der Waals surface area contributed by atoms with Crippen LogP contribution in [-0.4, -0.2) is 80.9 Å². The highest BCUT2D eigenvalue weighted by atomic mass is 16.5. The first-order valence-electron chi connectivity index (χ1n) is 10.5. The molecule has 0 spiro atoms. The van der Waals surface area contributed by atoms with Crippen LogP contribution in [0.5, 0.6) is 5.75 Å². The molecule has 166 valence electrons. The number of carbonyl (C=O) groups is 2. The summed E-state index contributed by atoms with van der Waals surface area (Å²) in [6, 6.07) is 15.9. The van der Waals surface area contributed by atoms with Gasteiger partial charge in [0.05, 0.1) is 20.2 Å². The molecule has 2 amide bonds. The van der Waals surface area contributed by atoms with Gasteiger partial charge in [-0.15, -0.1) is 0 Å². The van der Waals surface area contributed by atoms with Crippen LogP contribution in [0.3, 0.4) is 0 Å². The second-order valence-electron chi connectivity index (χ2n) is 8.21. The van der Waals surface area contributed by atoms with E-state index in [9.17, 15) is 9.59 Å². The van der Waals surface area contributed by atoms with Gasteiger partial charge in [0, 0.05) is 46.0 Å². The van der Waals surface area contributed by atoms with Crippen LogP contribution in [0.15, 0.2) is 48.5 Å². The third kappa shape index (κ3) is 6.21. The third-order valence-corrected chi connectivity index (χ3v) is 5.55. The molecule has 2 aromatic carbocycles. The Labute approximate surface area is 184 Å². The summed E-state index contributed by atoms with van der Waals surface area (Å²) in [6.45, 7) is 2.79. The number of ether oxygens (including phenoxy) is 1. The fourth-order valence-electron chi connectivity index (χ4n) is 3.56. The number of benzene rings is 2. The molecule has 0 bridgehead atoms. The first-order valence-corrected chi connectivity index (χ1v) is 10.5. The molecular formula is C24H32N4O3. The maximum Gasteiger partial charge on any atom is 0.242 e. The molecule has 0 radical (unpaired) electrons. The monoisotopic (exact) mass is 424 g/mol. The summed E-state index contributed by atoms with van der Waals surface area (Å²) in [5.74, 6) is 0.733. The highest BCUT2D eigenvalue weighted by molar-refractivity contribution is 5.86. The molecule has 0 aromatic heterocycles. The summed E-state index contributed by atoms with van der Waals surface area (Å²) >= 11 is 0. The van der Waals surface area contributed by atoms with E-state index >= 15 is 0 Å². The average Bonchev–Trinajstić information content (AvgIpc) is 2.76. The SMILES string of the molecule is COc1ccc(CN(Cc2ccc(N(C)C)cc2)C(=O)CN2CCN(C)CC2=O)cc1. The lowest BCUT2D eigenvalue weighted by atomic mass is 10.1. The quantitative estimate of drug-likeness (QED) is 0.649. The van der Waals surface area contributed by atoms with Gasteiger partial charge in [0.1, 0.15) is 5.75 Å². The summed E-state index contributed by atoms with van der Waals surface area (Å²) < 4.78 is 5.24. The molecule has 3 rings (SSSR count). The van der Waals surface area contributed by atoms with Gasteiger partial charge in [-0.3, -0.25) is 14.5 Å². The minimum atomic E-state index is -0.0505. The number of hydrogen-bond acceptors (Lipinski definition) is 5. The summed E-state index contributed by atoms with van der Waals surface area (Å²) in [7, 11) is 7.56. The van der Waals surface area contributed by atoms with Gasteiger partial charge in [0.2, 0.25) is 11.8 Å². The van der Waals surface area contributed by atoms with Crippen LogP contribution in [0.4, 0.5) is 5.69 Å². The van der Waals surface area contributed by atoms with Gasteiger partial charge in [0.15, 0.2) is 0 Å². The van der Waals surface area contributed by atoms with Gasteiger partial charge >= 0.3 is 0 Å². The molecule has 1 fully saturated rings. The maximum absolute atomic E-state index is 13.2. The predicted molar refractivity (Wildman–Crippen MR) is 122 cm³/mol. The molecule has 0 saturated carbocycles. The largest absolute Gasteiger partial charge is 0.497 e. The van der Waals surface area contributed by atoms with Crippen molar-refractivity contribution in [3.05, 3.63) is 59.7 Å². The number of nitrogens with zero attached hydrogens (tertiary/aromatic N) is 4. The van der Waals surface area contributed by atoms with E-state index in [2.05, 4.69) is 12.1 Å². The Hall–Kier alpha value is -3.06. The van der Waals surface area contributed by atoms with Gasteiger partial charge in [-0.2, -0.15) is 0 Å². The lowest BCUT2D eigenvalue weighted by Crippen LogP contribution is -2.52. The van der Waals surface area contributed by atoms with Gasteiger partial charge < -0.3 is 19.4 Å². The zero-order valence-corrected chi connectivity index (χ0v) is 18.9. The molecule has 1 aliphatic rings. The molecule has 1 aliphatic heterocycles. The van der Waals surface area contributed by atoms with Crippen LogP contribution >= 0.6 is 0 Å². The van der Waals surface area contributed by atoms with Gasteiger partial charge in [0.25, 0.3) is 0 Å².